The first-order valence-corrected chi connectivity index (χ1v) is 16.4. The molecule has 4 aromatic heterocycles. The summed E-state index contributed by atoms with van der Waals surface area (Å²) in [6, 6.07) is 52.8. The third-order valence-electron chi connectivity index (χ3n) is 9.71. The zero-order valence-electron chi connectivity index (χ0n) is 24.6. The molecule has 4 heterocycles. The molecule has 3 nitrogen and oxygen atoms in total. The minimum Gasteiger partial charge on any atom is -0.456 e. The van der Waals surface area contributed by atoms with Crippen LogP contribution >= 0.6 is 11.3 Å². The minimum absolute atomic E-state index is 0.909. The van der Waals surface area contributed by atoms with Crippen molar-refractivity contribution in [1.82, 2.24) is 9.13 Å². The molecule has 0 spiro atoms. The Hall–Kier alpha value is -5.84. The van der Waals surface area contributed by atoms with Gasteiger partial charge in [-0.15, -0.1) is 11.3 Å². The van der Waals surface area contributed by atoms with Crippen molar-refractivity contribution in [3.63, 3.8) is 0 Å². The monoisotopic (exact) mass is 604 g/mol. The van der Waals surface area contributed by atoms with Crippen LogP contribution in [0.2, 0.25) is 0 Å². The van der Waals surface area contributed by atoms with Crippen LogP contribution < -0.4 is 0 Å². The summed E-state index contributed by atoms with van der Waals surface area (Å²) in [4.78, 5) is 0. The second-order valence-corrected chi connectivity index (χ2v) is 13.2. The second kappa shape index (κ2) is 8.87. The smallest absolute Gasteiger partial charge is 0.135 e. The fourth-order valence-electron chi connectivity index (χ4n) is 7.78. The number of furan rings is 1. The number of hydrogen-bond acceptors (Lipinski definition) is 2. The van der Waals surface area contributed by atoms with Crippen molar-refractivity contribution in [2.24, 2.45) is 0 Å². The standard InChI is InChI=1S/C42H24N2OS/c1-5-13-33-29(11-1)41-35(43(33)25-17-21-38-31(23-25)27-9-3-7-15-37(27)45-38)19-20-36-42(41)30-12-2-6-14-34(30)44(36)26-18-22-40-32(24-26)28-10-4-8-16-39(28)46-40/h1-24H. The number of benzene rings is 7. The Balaban J connectivity index is 1.25. The number of para-hydroxylation sites is 3. The summed E-state index contributed by atoms with van der Waals surface area (Å²) in [5, 5.41) is 9.98. The van der Waals surface area contributed by atoms with Crippen molar-refractivity contribution in [2.75, 3.05) is 0 Å². The maximum Gasteiger partial charge on any atom is 0.135 e. The lowest BCUT2D eigenvalue weighted by Crippen LogP contribution is -1.94. The maximum absolute atomic E-state index is 6.18. The highest BCUT2D eigenvalue weighted by atomic mass is 32.1. The Morgan fingerprint density at radius 1 is 0.370 bits per heavy atom. The van der Waals surface area contributed by atoms with Crippen molar-refractivity contribution < 1.29 is 4.42 Å². The first kappa shape index (κ1) is 24.5. The second-order valence-electron chi connectivity index (χ2n) is 12.1. The molecule has 0 N–H and O–H groups in total. The lowest BCUT2D eigenvalue weighted by atomic mass is 10.1. The van der Waals surface area contributed by atoms with Gasteiger partial charge in [-0.05, 0) is 72.8 Å². The Labute approximate surface area is 266 Å². The first-order valence-electron chi connectivity index (χ1n) is 15.6. The van der Waals surface area contributed by atoms with Crippen LogP contribution in [0.1, 0.15) is 0 Å². The SMILES string of the molecule is c1ccc2c(c1)oc1ccc(-n3c4ccccc4c4c5c6ccccc6n(-c6ccc7sc8ccccc8c7c6)c5ccc43)cc12. The number of rotatable bonds is 2. The predicted molar refractivity (Wildman–Crippen MR) is 195 cm³/mol. The van der Waals surface area contributed by atoms with E-state index >= 15 is 0 Å². The molecule has 4 heteroatoms. The minimum atomic E-state index is 0.909. The van der Waals surface area contributed by atoms with E-state index in [4.69, 9.17) is 4.42 Å². The van der Waals surface area contributed by atoms with Crippen LogP contribution in [0.5, 0.6) is 0 Å². The summed E-state index contributed by atoms with van der Waals surface area (Å²) in [6.45, 7) is 0. The lowest BCUT2D eigenvalue weighted by Gasteiger charge is -2.10. The van der Waals surface area contributed by atoms with Crippen LogP contribution in [0.15, 0.2) is 150 Å². The van der Waals surface area contributed by atoms with Gasteiger partial charge in [0.2, 0.25) is 0 Å². The van der Waals surface area contributed by atoms with Crippen LogP contribution in [0.4, 0.5) is 0 Å². The Morgan fingerprint density at radius 2 is 0.891 bits per heavy atom. The third kappa shape index (κ3) is 3.16. The van der Waals surface area contributed by atoms with E-state index in [1.54, 1.807) is 0 Å². The van der Waals surface area contributed by atoms with E-state index < -0.39 is 0 Å². The molecule has 11 aromatic rings. The zero-order valence-corrected chi connectivity index (χ0v) is 25.4. The molecule has 7 aromatic carbocycles. The maximum atomic E-state index is 6.18. The fourth-order valence-corrected chi connectivity index (χ4v) is 8.87. The van der Waals surface area contributed by atoms with Crippen molar-refractivity contribution in [2.45, 2.75) is 0 Å². The summed E-state index contributed by atoms with van der Waals surface area (Å²) >= 11 is 1.86. The normalized spacial score (nSPS) is 12.3. The molecule has 0 saturated carbocycles. The van der Waals surface area contributed by atoms with Crippen LogP contribution in [0, 0.1) is 0 Å². The zero-order chi connectivity index (χ0) is 29.9. The summed E-state index contributed by atoms with van der Waals surface area (Å²) < 4.78 is 13.7. The molecule has 11 rings (SSSR count). The van der Waals surface area contributed by atoms with Gasteiger partial charge in [0.05, 0.1) is 22.1 Å². The van der Waals surface area contributed by atoms with Crippen LogP contribution in [-0.4, -0.2) is 9.13 Å². The molecule has 0 bridgehead atoms. The van der Waals surface area contributed by atoms with Gasteiger partial charge in [0.1, 0.15) is 11.2 Å². The molecule has 0 amide bonds. The largest absolute Gasteiger partial charge is 0.456 e. The van der Waals surface area contributed by atoms with E-state index in [0.717, 1.165) is 27.6 Å². The quantitative estimate of drug-likeness (QED) is 0.192. The summed E-state index contributed by atoms with van der Waals surface area (Å²) in [5.74, 6) is 0. The molecule has 0 fully saturated rings. The molecule has 0 radical (unpaired) electrons. The van der Waals surface area contributed by atoms with Crippen LogP contribution in [0.25, 0.3) is 97.1 Å². The van der Waals surface area contributed by atoms with Gasteiger partial charge < -0.3 is 13.6 Å². The van der Waals surface area contributed by atoms with E-state index in [0.29, 0.717) is 0 Å². The van der Waals surface area contributed by atoms with Crippen molar-refractivity contribution >= 4 is 97.1 Å². The fraction of sp³-hybridized carbons (Fsp3) is 0. The van der Waals surface area contributed by atoms with Gasteiger partial charge >= 0.3 is 0 Å². The van der Waals surface area contributed by atoms with Crippen LogP contribution in [0.3, 0.4) is 0 Å². The Kier molecular flexibility index (Phi) is 4.72. The van der Waals surface area contributed by atoms with Crippen molar-refractivity contribution in [1.29, 1.82) is 0 Å². The van der Waals surface area contributed by atoms with Crippen LogP contribution in [-0.2, 0) is 0 Å². The van der Waals surface area contributed by atoms with Gasteiger partial charge in [-0.25, -0.2) is 0 Å². The predicted octanol–water partition coefficient (Wildman–Crippen LogP) is 12.1. The topological polar surface area (TPSA) is 23.0 Å². The van der Waals surface area contributed by atoms with Gasteiger partial charge in [-0.2, -0.15) is 0 Å². The molecule has 214 valence electrons. The number of aromatic nitrogens is 2. The van der Waals surface area contributed by atoms with Crippen molar-refractivity contribution in [3.05, 3.63) is 146 Å². The average Bonchev–Trinajstić information content (AvgIpc) is 3.85. The van der Waals surface area contributed by atoms with Gasteiger partial charge in [-0.1, -0.05) is 72.8 Å². The number of fused-ring (bicyclic) bond motifs is 13. The molecule has 0 saturated heterocycles. The van der Waals surface area contributed by atoms with E-state index in [2.05, 4.69) is 143 Å². The molecule has 0 aliphatic rings. The van der Waals surface area contributed by atoms with E-state index in [9.17, 15) is 0 Å². The Bertz CT molecular complexity index is 2830. The number of thiophene rings is 1. The van der Waals surface area contributed by atoms with Gasteiger partial charge in [-0.3, -0.25) is 0 Å². The Morgan fingerprint density at radius 3 is 1.61 bits per heavy atom. The molecule has 0 aliphatic carbocycles. The van der Waals surface area contributed by atoms with Crippen molar-refractivity contribution in [3.8, 4) is 11.4 Å². The molecular formula is C42H24N2OS. The molecule has 0 atom stereocenters. The highest BCUT2D eigenvalue weighted by molar-refractivity contribution is 7.25. The van der Waals surface area contributed by atoms with Gasteiger partial charge in [0.15, 0.2) is 0 Å². The summed E-state index contributed by atoms with van der Waals surface area (Å²) in [7, 11) is 0. The highest BCUT2D eigenvalue weighted by Crippen LogP contribution is 2.44. The summed E-state index contributed by atoms with van der Waals surface area (Å²) in [6.07, 6.45) is 0. The average molecular weight is 605 g/mol. The van der Waals surface area contributed by atoms with E-state index in [-0.39, 0.29) is 0 Å². The first-order chi connectivity index (χ1) is 22.8. The molecule has 0 aliphatic heterocycles. The number of nitrogens with zero attached hydrogens (tertiary/aromatic N) is 2. The summed E-state index contributed by atoms with van der Waals surface area (Å²) in [5.41, 5.74) is 8.96. The molecule has 46 heavy (non-hydrogen) atoms. The van der Waals surface area contributed by atoms with E-state index in [1.807, 2.05) is 23.5 Å². The van der Waals surface area contributed by atoms with Gasteiger partial charge in [0, 0.05) is 63.9 Å². The lowest BCUT2D eigenvalue weighted by molar-refractivity contribution is 0.669. The van der Waals surface area contributed by atoms with E-state index in [1.165, 1.54) is 69.5 Å². The third-order valence-corrected chi connectivity index (χ3v) is 10.9. The van der Waals surface area contributed by atoms with Gasteiger partial charge in [0.25, 0.3) is 0 Å². The highest BCUT2D eigenvalue weighted by Gasteiger charge is 2.21. The molecule has 0 unspecified atom stereocenters. The number of hydrogen-bond donors (Lipinski definition) is 0. The molecular weight excluding hydrogens is 581 g/mol.